The van der Waals surface area contributed by atoms with Crippen LogP contribution in [0.5, 0.6) is 0 Å². The van der Waals surface area contributed by atoms with E-state index in [1.165, 1.54) is 12.8 Å². The van der Waals surface area contributed by atoms with E-state index in [0.717, 1.165) is 30.6 Å². The van der Waals surface area contributed by atoms with Gasteiger partial charge in [0.05, 0.1) is 0 Å². The van der Waals surface area contributed by atoms with Crippen LogP contribution < -0.4 is 0 Å². The highest BCUT2D eigenvalue weighted by molar-refractivity contribution is 5.62. The third-order valence-electron chi connectivity index (χ3n) is 3.92. The standard InChI is InChI=1S/C10H14.C2H4O2/c1-2-9-7-4-5-8(6-7)10(9)3-1;1-2(3)4/h1-2,7-10H,3-6H2;1H3,(H,3,4). The van der Waals surface area contributed by atoms with Crippen LogP contribution in [-0.4, -0.2) is 11.1 Å². The molecule has 0 saturated heterocycles. The minimum atomic E-state index is -0.833. The van der Waals surface area contributed by atoms with Crippen LogP contribution in [0.25, 0.3) is 0 Å². The maximum Gasteiger partial charge on any atom is 0.300 e. The van der Waals surface area contributed by atoms with Gasteiger partial charge in [0.2, 0.25) is 0 Å². The van der Waals surface area contributed by atoms with Crippen molar-refractivity contribution in [2.45, 2.75) is 32.6 Å². The summed E-state index contributed by atoms with van der Waals surface area (Å²) in [5, 5.41) is 7.42. The fourth-order valence-electron chi connectivity index (χ4n) is 3.50. The van der Waals surface area contributed by atoms with Gasteiger partial charge in [0.1, 0.15) is 0 Å². The van der Waals surface area contributed by atoms with Gasteiger partial charge in [-0.2, -0.15) is 0 Å². The molecule has 78 valence electrons. The monoisotopic (exact) mass is 194 g/mol. The Morgan fingerprint density at radius 3 is 2.64 bits per heavy atom. The van der Waals surface area contributed by atoms with Crippen molar-refractivity contribution in [3.8, 4) is 0 Å². The van der Waals surface area contributed by atoms with Gasteiger partial charge in [-0.1, -0.05) is 12.2 Å². The first kappa shape index (κ1) is 9.75. The minimum absolute atomic E-state index is 0.833. The second-order valence-electron chi connectivity index (χ2n) is 4.76. The molecule has 14 heavy (non-hydrogen) atoms. The fraction of sp³-hybridized carbons (Fsp3) is 0.750. The molecule has 2 heteroatoms. The van der Waals surface area contributed by atoms with Crippen LogP contribution in [0, 0.1) is 23.7 Å². The molecule has 4 unspecified atom stereocenters. The molecular weight excluding hydrogens is 176 g/mol. The van der Waals surface area contributed by atoms with Gasteiger partial charge in [-0.25, -0.2) is 0 Å². The first-order valence-corrected chi connectivity index (χ1v) is 5.54. The molecule has 1 N–H and O–H groups in total. The average molecular weight is 194 g/mol. The Labute approximate surface area is 85.0 Å². The Bertz CT molecular complexity index is 253. The van der Waals surface area contributed by atoms with Crippen molar-refractivity contribution in [2.75, 3.05) is 0 Å². The lowest BCUT2D eigenvalue weighted by Gasteiger charge is -2.23. The average Bonchev–Trinajstić information content (AvgIpc) is 2.76. The second kappa shape index (κ2) is 3.76. The predicted molar refractivity (Wildman–Crippen MR) is 54.9 cm³/mol. The summed E-state index contributed by atoms with van der Waals surface area (Å²) in [6, 6.07) is 0. The van der Waals surface area contributed by atoms with Crippen molar-refractivity contribution >= 4 is 5.97 Å². The number of carbonyl (C=O) groups is 1. The molecule has 0 aromatic carbocycles. The zero-order chi connectivity index (χ0) is 10.1. The summed E-state index contributed by atoms with van der Waals surface area (Å²) in [6.07, 6.45) is 11.0. The molecule has 0 spiro atoms. The van der Waals surface area contributed by atoms with E-state index >= 15 is 0 Å². The first-order valence-electron chi connectivity index (χ1n) is 5.54. The zero-order valence-corrected chi connectivity index (χ0v) is 8.65. The SMILES string of the molecule is C1=CC2C3CCC(C3)C2C1.CC(=O)O. The fourth-order valence-corrected chi connectivity index (χ4v) is 3.50. The van der Waals surface area contributed by atoms with E-state index in [0.29, 0.717) is 0 Å². The lowest BCUT2D eigenvalue weighted by molar-refractivity contribution is -0.134. The lowest BCUT2D eigenvalue weighted by Crippen LogP contribution is -2.16. The number of rotatable bonds is 0. The van der Waals surface area contributed by atoms with E-state index in [4.69, 9.17) is 9.90 Å². The van der Waals surface area contributed by atoms with Crippen molar-refractivity contribution in [1.29, 1.82) is 0 Å². The maximum atomic E-state index is 9.00. The Morgan fingerprint density at radius 1 is 1.36 bits per heavy atom. The van der Waals surface area contributed by atoms with Gasteiger partial charge >= 0.3 is 0 Å². The van der Waals surface area contributed by atoms with Gasteiger partial charge in [0.15, 0.2) is 0 Å². The number of hydrogen-bond donors (Lipinski definition) is 1. The van der Waals surface area contributed by atoms with Crippen LogP contribution in [0.1, 0.15) is 32.6 Å². The summed E-state index contributed by atoms with van der Waals surface area (Å²) in [6.45, 7) is 1.08. The van der Waals surface area contributed by atoms with Gasteiger partial charge in [-0.3, -0.25) is 4.79 Å². The molecule has 0 aromatic rings. The molecular formula is C12H18O2. The number of carboxylic acid groups (broad SMARTS) is 1. The van der Waals surface area contributed by atoms with Crippen molar-refractivity contribution in [3.05, 3.63) is 12.2 Å². The molecule has 0 amide bonds. The molecule has 0 aliphatic heterocycles. The number of fused-ring (bicyclic) bond motifs is 5. The Morgan fingerprint density at radius 2 is 2.00 bits per heavy atom. The lowest BCUT2D eigenvalue weighted by atomic mass is 9.82. The van der Waals surface area contributed by atoms with E-state index in [1.807, 2.05) is 0 Å². The largest absolute Gasteiger partial charge is 0.481 e. The van der Waals surface area contributed by atoms with Crippen molar-refractivity contribution in [1.82, 2.24) is 0 Å². The third kappa shape index (κ3) is 1.70. The van der Waals surface area contributed by atoms with E-state index in [9.17, 15) is 0 Å². The van der Waals surface area contributed by atoms with E-state index in [-0.39, 0.29) is 0 Å². The minimum Gasteiger partial charge on any atom is -0.481 e. The molecule has 2 saturated carbocycles. The van der Waals surface area contributed by atoms with E-state index < -0.39 is 5.97 Å². The normalized spacial score (nSPS) is 41.8. The highest BCUT2D eigenvalue weighted by Gasteiger charge is 2.47. The number of aliphatic carboxylic acids is 1. The number of carboxylic acids is 1. The second-order valence-corrected chi connectivity index (χ2v) is 4.76. The molecule has 2 fully saturated rings. The van der Waals surface area contributed by atoms with Gasteiger partial charge in [0.25, 0.3) is 5.97 Å². The molecule has 3 aliphatic rings. The molecule has 3 rings (SSSR count). The van der Waals surface area contributed by atoms with Crippen molar-refractivity contribution < 1.29 is 9.90 Å². The summed E-state index contributed by atoms with van der Waals surface area (Å²) in [5.74, 6) is 3.52. The van der Waals surface area contributed by atoms with Crippen LogP contribution in [0.2, 0.25) is 0 Å². The molecule has 0 radical (unpaired) electrons. The van der Waals surface area contributed by atoms with Crippen molar-refractivity contribution in [2.24, 2.45) is 23.7 Å². The quantitative estimate of drug-likeness (QED) is 0.602. The van der Waals surface area contributed by atoms with E-state index in [1.54, 1.807) is 12.8 Å². The Balaban J connectivity index is 0.000000165. The van der Waals surface area contributed by atoms with E-state index in [2.05, 4.69) is 12.2 Å². The van der Waals surface area contributed by atoms with Crippen LogP contribution in [0.15, 0.2) is 12.2 Å². The highest BCUT2D eigenvalue weighted by Crippen LogP contribution is 2.56. The summed E-state index contributed by atoms with van der Waals surface area (Å²) in [4.78, 5) is 9.00. The number of allylic oxidation sites excluding steroid dienone is 2. The summed E-state index contributed by atoms with van der Waals surface area (Å²) < 4.78 is 0. The van der Waals surface area contributed by atoms with Crippen LogP contribution >= 0.6 is 0 Å². The smallest absolute Gasteiger partial charge is 0.300 e. The van der Waals surface area contributed by atoms with Crippen molar-refractivity contribution in [3.63, 3.8) is 0 Å². The van der Waals surface area contributed by atoms with Crippen LogP contribution in [0.4, 0.5) is 0 Å². The Hall–Kier alpha value is -0.790. The molecule has 0 aromatic heterocycles. The van der Waals surface area contributed by atoms with Gasteiger partial charge in [-0.15, -0.1) is 0 Å². The van der Waals surface area contributed by atoms with Crippen LogP contribution in [0.3, 0.4) is 0 Å². The third-order valence-corrected chi connectivity index (χ3v) is 3.92. The molecule has 2 bridgehead atoms. The summed E-state index contributed by atoms with van der Waals surface area (Å²) in [7, 11) is 0. The predicted octanol–water partition coefficient (Wildman–Crippen LogP) is 2.70. The summed E-state index contributed by atoms with van der Waals surface area (Å²) in [5.41, 5.74) is 0. The van der Waals surface area contributed by atoms with Crippen LogP contribution in [-0.2, 0) is 4.79 Å². The summed E-state index contributed by atoms with van der Waals surface area (Å²) >= 11 is 0. The molecule has 2 nitrogen and oxygen atoms in total. The molecule has 0 heterocycles. The van der Waals surface area contributed by atoms with Gasteiger partial charge in [-0.05, 0) is 49.4 Å². The van der Waals surface area contributed by atoms with Gasteiger partial charge < -0.3 is 5.11 Å². The molecule has 4 atom stereocenters. The topological polar surface area (TPSA) is 37.3 Å². The first-order chi connectivity index (χ1) is 6.68. The maximum absolute atomic E-state index is 9.00. The Kier molecular flexibility index (Phi) is 2.62. The van der Waals surface area contributed by atoms with Gasteiger partial charge in [0, 0.05) is 6.92 Å². The number of hydrogen-bond acceptors (Lipinski definition) is 1. The molecule has 3 aliphatic carbocycles. The highest BCUT2D eigenvalue weighted by atomic mass is 16.4. The zero-order valence-electron chi connectivity index (χ0n) is 8.65.